The summed E-state index contributed by atoms with van der Waals surface area (Å²) in [7, 11) is 0. The SMILES string of the molecule is O=C(CSC(=S)N1CCCC1)NC12CC3CC(CC(C3)C1)C2. The maximum absolute atomic E-state index is 12.4. The second-order valence-corrected chi connectivity index (χ2v) is 9.60. The third kappa shape index (κ3) is 3.03. The maximum atomic E-state index is 12.4. The minimum Gasteiger partial charge on any atom is -0.358 e. The minimum atomic E-state index is 0.141. The summed E-state index contributed by atoms with van der Waals surface area (Å²) in [5, 5.41) is 3.43. The van der Waals surface area contributed by atoms with Crippen LogP contribution in [0, 0.1) is 17.8 Å². The van der Waals surface area contributed by atoms with Crippen LogP contribution < -0.4 is 5.32 Å². The van der Waals surface area contributed by atoms with Gasteiger partial charge in [0.15, 0.2) is 0 Å². The fourth-order valence-electron chi connectivity index (χ4n) is 5.71. The molecule has 5 aliphatic rings. The molecular formula is C17H26N2OS2. The highest BCUT2D eigenvalue weighted by Crippen LogP contribution is 2.55. The zero-order valence-corrected chi connectivity index (χ0v) is 14.8. The van der Waals surface area contributed by atoms with Gasteiger partial charge in [0.1, 0.15) is 4.32 Å². The number of carbonyl (C=O) groups is 1. The Labute approximate surface area is 143 Å². The number of nitrogens with zero attached hydrogens (tertiary/aromatic N) is 1. The van der Waals surface area contributed by atoms with Crippen LogP contribution >= 0.6 is 24.0 Å². The van der Waals surface area contributed by atoms with Crippen LogP contribution in [0.1, 0.15) is 51.4 Å². The van der Waals surface area contributed by atoms with Crippen molar-refractivity contribution >= 4 is 34.2 Å². The third-order valence-corrected chi connectivity index (χ3v) is 7.66. The van der Waals surface area contributed by atoms with Crippen LogP contribution in [0.25, 0.3) is 0 Å². The first-order valence-electron chi connectivity index (χ1n) is 8.85. The van der Waals surface area contributed by atoms with E-state index in [0.717, 1.165) is 35.2 Å². The summed E-state index contributed by atoms with van der Waals surface area (Å²) < 4.78 is 0.915. The summed E-state index contributed by atoms with van der Waals surface area (Å²) in [6.07, 6.45) is 10.4. The zero-order chi connectivity index (χ0) is 15.2. The summed E-state index contributed by atoms with van der Waals surface area (Å²) in [5.41, 5.74) is 0.141. The highest BCUT2D eigenvalue weighted by atomic mass is 32.2. The Morgan fingerprint density at radius 3 is 2.18 bits per heavy atom. The molecular weight excluding hydrogens is 312 g/mol. The van der Waals surface area contributed by atoms with E-state index in [9.17, 15) is 4.79 Å². The topological polar surface area (TPSA) is 32.3 Å². The molecule has 4 saturated carbocycles. The molecule has 1 N–H and O–H groups in total. The number of thiocarbonyl (C=S) groups is 1. The first-order valence-corrected chi connectivity index (χ1v) is 10.2. The Balaban J connectivity index is 1.29. The zero-order valence-electron chi connectivity index (χ0n) is 13.2. The van der Waals surface area contributed by atoms with Gasteiger partial charge in [0.05, 0.1) is 5.75 Å². The van der Waals surface area contributed by atoms with Gasteiger partial charge in [-0.25, -0.2) is 0 Å². The van der Waals surface area contributed by atoms with Crippen molar-refractivity contribution in [2.75, 3.05) is 18.8 Å². The van der Waals surface area contributed by atoms with Crippen LogP contribution in [0.5, 0.6) is 0 Å². The monoisotopic (exact) mass is 338 g/mol. The van der Waals surface area contributed by atoms with Gasteiger partial charge in [-0.2, -0.15) is 0 Å². The van der Waals surface area contributed by atoms with Gasteiger partial charge in [-0.1, -0.05) is 24.0 Å². The summed E-state index contributed by atoms with van der Waals surface area (Å²) >= 11 is 7.01. The molecule has 0 radical (unpaired) electrons. The molecule has 0 aromatic rings. The molecule has 0 unspecified atom stereocenters. The first-order chi connectivity index (χ1) is 10.6. The predicted octanol–water partition coefficient (Wildman–Crippen LogP) is 3.19. The lowest BCUT2D eigenvalue weighted by Crippen LogP contribution is -2.60. The van der Waals surface area contributed by atoms with E-state index < -0.39 is 0 Å². The van der Waals surface area contributed by atoms with Crippen LogP contribution in [0.2, 0.25) is 0 Å². The van der Waals surface area contributed by atoms with Gasteiger partial charge in [-0.05, 0) is 69.1 Å². The van der Waals surface area contributed by atoms with Gasteiger partial charge >= 0.3 is 0 Å². The number of hydrogen-bond donors (Lipinski definition) is 1. The second-order valence-electron chi connectivity index (χ2n) is 7.99. The first kappa shape index (κ1) is 15.3. The summed E-state index contributed by atoms with van der Waals surface area (Å²) in [6.45, 7) is 2.14. The molecule has 0 aromatic carbocycles. The number of amides is 1. The Bertz CT molecular complexity index is 438. The molecule has 1 amide bonds. The molecule has 5 rings (SSSR count). The van der Waals surface area contributed by atoms with E-state index in [1.165, 1.54) is 51.4 Å². The van der Waals surface area contributed by atoms with Crippen molar-refractivity contribution < 1.29 is 4.79 Å². The minimum absolute atomic E-state index is 0.141. The fraction of sp³-hybridized carbons (Fsp3) is 0.882. The summed E-state index contributed by atoms with van der Waals surface area (Å²) in [6, 6.07) is 0. The van der Waals surface area contributed by atoms with Crippen LogP contribution in [-0.4, -0.2) is 39.5 Å². The van der Waals surface area contributed by atoms with Crippen molar-refractivity contribution in [3.63, 3.8) is 0 Å². The molecule has 3 nitrogen and oxygen atoms in total. The number of carbonyl (C=O) groups excluding carboxylic acids is 1. The summed E-state index contributed by atoms with van der Waals surface area (Å²) in [4.78, 5) is 14.7. The predicted molar refractivity (Wildman–Crippen MR) is 94.9 cm³/mol. The molecule has 0 spiro atoms. The molecule has 1 heterocycles. The van der Waals surface area contributed by atoms with Crippen molar-refractivity contribution in [1.29, 1.82) is 0 Å². The fourth-order valence-corrected chi connectivity index (χ4v) is 6.77. The average Bonchev–Trinajstić information content (AvgIpc) is 2.97. The smallest absolute Gasteiger partial charge is 0.230 e. The molecule has 5 fully saturated rings. The molecule has 22 heavy (non-hydrogen) atoms. The van der Waals surface area contributed by atoms with E-state index in [2.05, 4.69) is 10.2 Å². The largest absolute Gasteiger partial charge is 0.358 e. The molecule has 0 aromatic heterocycles. The van der Waals surface area contributed by atoms with E-state index in [1.54, 1.807) is 11.8 Å². The molecule has 5 heteroatoms. The van der Waals surface area contributed by atoms with Gasteiger partial charge in [0.25, 0.3) is 0 Å². The maximum Gasteiger partial charge on any atom is 0.230 e. The third-order valence-electron chi connectivity index (χ3n) is 6.13. The quantitative estimate of drug-likeness (QED) is 0.801. The van der Waals surface area contributed by atoms with E-state index in [1.807, 2.05) is 0 Å². The second kappa shape index (κ2) is 5.97. The molecule has 0 atom stereocenters. The van der Waals surface area contributed by atoms with Crippen LogP contribution in [0.3, 0.4) is 0 Å². The lowest BCUT2D eigenvalue weighted by atomic mass is 9.53. The Hall–Kier alpha value is -0.290. The molecule has 1 saturated heterocycles. The van der Waals surface area contributed by atoms with Gasteiger partial charge in [0.2, 0.25) is 5.91 Å². The number of hydrogen-bond acceptors (Lipinski definition) is 3. The highest BCUT2D eigenvalue weighted by molar-refractivity contribution is 8.23. The van der Waals surface area contributed by atoms with Crippen LogP contribution in [0.4, 0.5) is 0 Å². The Kier molecular flexibility index (Phi) is 4.14. The van der Waals surface area contributed by atoms with E-state index >= 15 is 0 Å². The Morgan fingerprint density at radius 1 is 1.09 bits per heavy atom. The number of rotatable bonds is 3. The number of likely N-dealkylation sites (tertiary alicyclic amines) is 1. The van der Waals surface area contributed by atoms with Crippen molar-refractivity contribution in [2.24, 2.45) is 17.8 Å². The average molecular weight is 339 g/mol. The van der Waals surface area contributed by atoms with E-state index in [4.69, 9.17) is 12.2 Å². The summed E-state index contributed by atoms with van der Waals surface area (Å²) in [5.74, 6) is 3.34. The van der Waals surface area contributed by atoms with Crippen molar-refractivity contribution in [2.45, 2.75) is 56.9 Å². The van der Waals surface area contributed by atoms with Crippen molar-refractivity contribution in [1.82, 2.24) is 10.2 Å². The normalized spacial score (nSPS) is 39.3. The lowest BCUT2D eigenvalue weighted by Gasteiger charge is -2.56. The van der Waals surface area contributed by atoms with Gasteiger partial charge in [-0.15, -0.1) is 0 Å². The van der Waals surface area contributed by atoms with Gasteiger partial charge < -0.3 is 10.2 Å². The number of nitrogens with one attached hydrogen (secondary N) is 1. The molecule has 1 aliphatic heterocycles. The lowest BCUT2D eigenvalue weighted by molar-refractivity contribution is -0.124. The number of thioether (sulfide) groups is 1. The molecule has 4 bridgehead atoms. The Morgan fingerprint density at radius 2 is 1.64 bits per heavy atom. The van der Waals surface area contributed by atoms with Crippen molar-refractivity contribution in [3.05, 3.63) is 0 Å². The van der Waals surface area contributed by atoms with Crippen LogP contribution in [-0.2, 0) is 4.79 Å². The van der Waals surface area contributed by atoms with E-state index in [-0.39, 0.29) is 11.4 Å². The highest BCUT2D eigenvalue weighted by Gasteiger charge is 2.51. The molecule has 4 aliphatic carbocycles. The standard InChI is InChI=1S/C17H26N2OS2/c20-15(11-22-16(21)19-3-1-2-4-19)18-17-8-12-5-13(9-17)7-14(6-12)10-17/h12-14H,1-11H2,(H,18,20). The van der Waals surface area contributed by atoms with Gasteiger partial charge in [-0.3, -0.25) is 4.79 Å². The van der Waals surface area contributed by atoms with Gasteiger partial charge in [0, 0.05) is 18.6 Å². The van der Waals surface area contributed by atoms with Crippen molar-refractivity contribution in [3.8, 4) is 0 Å². The van der Waals surface area contributed by atoms with E-state index in [0.29, 0.717) is 5.75 Å². The molecule has 122 valence electrons. The van der Waals surface area contributed by atoms with Crippen LogP contribution in [0.15, 0.2) is 0 Å².